The third-order valence-corrected chi connectivity index (χ3v) is 4.11. The number of rotatable bonds is 5. The average molecular weight is 400 g/mol. The second kappa shape index (κ2) is 9.79. The van der Waals surface area contributed by atoms with Gasteiger partial charge >= 0.3 is 11.8 Å². The standard InChI is InChI=1S/C23H20N4O3/c1-16-11-13-18(14-12-16)25-21(28)19-9-5-6-10-20(19)26-22(29)23(30)27-24-15-17-7-3-2-4-8-17/h2-15H,1H3,(H,25,28)(H,26,29)(H,27,30)/b24-15-. The molecule has 0 aliphatic heterocycles. The highest BCUT2D eigenvalue weighted by molar-refractivity contribution is 6.40. The lowest BCUT2D eigenvalue weighted by molar-refractivity contribution is -0.136. The summed E-state index contributed by atoms with van der Waals surface area (Å²) in [4.78, 5) is 36.8. The largest absolute Gasteiger partial charge is 0.329 e. The molecule has 0 saturated heterocycles. The highest BCUT2D eigenvalue weighted by atomic mass is 16.2. The molecule has 3 rings (SSSR count). The molecule has 7 nitrogen and oxygen atoms in total. The van der Waals surface area contributed by atoms with Gasteiger partial charge in [-0.25, -0.2) is 5.43 Å². The lowest BCUT2D eigenvalue weighted by atomic mass is 10.1. The van der Waals surface area contributed by atoms with E-state index in [0.717, 1.165) is 11.1 Å². The summed E-state index contributed by atoms with van der Waals surface area (Å²) in [5.74, 6) is -2.29. The van der Waals surface area contributed by atoms with E-state index in [1.807, 2.05) is 37.3 Å². The van der Waals surface area contributed by atoms with Crippen LogP contribution < -0.4 is 16.1 Å². The minimum atomic E-state index is -0.948. The van der Waals surface area contributed by atoms with E-state index in [-0.39, 0.29) is 11.3 Å². The molecule has 150 valence electrons. The monoisotopic (exact) mass is 400 g/mol. The summed E-state index contributed by atoms with van der Waals surface area (Å²) in [5.41, 5.74) is 5.08. The Morgan fingerprint density at radius 1 is 0.767 bits per heavy atom. The van der Waals surface area contributed by atoms with E-state index in [9.17, 15) is 14.4 Å². The van der Waals surface area contributed by atoms with E-state index < -0.39 is 17.7 Å². The van der Waals surface area contributed by atoms with E-state index in [2.05, 4.69) is 21.2 Å². The second-order valence-electron chi connectivity index (χ2n) is 6.43. The normalized spacial score (nSPS) is 10.4. The van der Waals surface area contributed by atoms with Crippen molar-refractivity contribution in [2.45, 2.75) is 6.92 Å². The van der Waals surface area contributed by atoms with Gasteiger partial charge < -0.3 is 10.6 Å². The molecular weight excluding hydrogens is 380 g/mol. The Morgan fingerprint density at radius 3 is 2.17 bits per heavy atom. The number of hydrazone groups is 1. The van der Waals surface area contributed by atoms with Gasteiger partial charge in [0, 0.05) is 5.69 Å². The molecule has 0 bridgehead atoms. The number of aryl methyl sites for hydroxylation is 1. The maximum atomic E-state index is 12.6. The maximum Gasteiger partial charge on any atom is 0.329 e. The van der Waals surface area contributed by atoms with Crippen molar-refractivity contribution in [3.8, 4) is 0 Å². The Kier molecular flexibility index (Phi) is 6.68. The summed E-state index contributed by atoms with van der Waals surface area (Å²) in [5, 5.41) is 8.98. The SMILES string of the molecule is Cc1ccc(NC(=O)c2ccccc2NC(=O)C(=O)N/N=C\c2ccccc2)cc1. The number of anilines is 2. The summed E-state index contributed by atoms with van der Waals surface area (Å²) in [6.07, 6.45) is 1.42. The van der Waals surface area contributed by atoms with Crippen LogP contribution in [0.2, 0.25) is 0 Å². The Balaban J connectivity index is 1.64. The molecule has 0 heterocycles. The van der Waals surface area contributed by atoms with Crippen LogP contribution in [-0.4, -0.2) is 23.9 Å². The molecule has 0 aromatic heterocycles. The van der Waals surface area contributed by atoms with E-state index in [4.69, 9.17) is 0 Å². The fraction of sp³-hybridized carbons (Fsp3) is 0.0435. The molecular formula is C23H20N4O3. The fourth-order valence-corrected chi connectivity index (χ4v) is 2.56. The van der Waals surface area contributed by atoms with Crippen molar-refractivity contribution in [3.05, 3.63) is 95.6 Å². The highest BCUT2D eigenvalue weighted by Crippen LogP contribution is 2.18. The predicted molar refractivity (Wildman–Crippen MR) is 116 cm³/mol. The van der Waals surface area contributed by atoms with E-state index in [1.165, 1.54) is 6.21 Å². The fourth-order valence-electron chi connectivity index (χ4n) is 2.56. The number of amides is 3. The van der Waals surface area contributed by atoms with Crippen molar-refractivity contribution in [3.63, 3.8) is 0 Å². The van der Waals surface area contributed by atoms with E-state index in [1.54, 1.807) is 48.5 Å². The van der Waals surface area contributed by atoms with Crippen molar-refractivity contribution in [1.29, 1.82) is 0 Å². The lowest BCUT2D eigenvalue weighted by Crippen LogP contribution is -2.33. The molecule has 3 aromatic rings. The Morgan fingerprint density at radius 2 is 1.43 bits per heavy atom. The third kappa shape index (κ3) is 5.62. The van der Waals surface area contributed by atoms with Gasteiger partial charge in [0.05, 0.1) is 17.5 Å². The number of nitrogens with zero attached hydrogens (tertiary/aromatic N) is 1. The molecule has 0 atom stereocenters. The van der Waals surface area contributed by atoms with Crippen molar-refractivity contribution >= 4 is 35.3 Å². The number of hydrogen-bond donors (Lipinski definition) is 3. The minimum absolute atomic E-state index is 0.217. The van der Waals surface area contributed by atoms with Crippen molar-refractivity contribution in [1.82, 2.24) is 5.43 Å². The molecule has 7 heteroatoms. The lowest BCUT2D eigenvalue weighted by Gasteiger charge is -2.11. The van der Waals surface area contributed by atoms with Crippen molar-refractivity contribution in [2.24, 2.45) is 5.10 Å². The number of para-hydroxylation sites is 1. The van der Waals surface area contributed by atoms with E-state index in [0.29, 0.717) is 5.69 Å². The van der Waals surface area contributed by atoms with Crippen molar-refractivity contribution < 1.29 is 14.4 Å². The molecule has 0 aliphatic rings. The van der Waals surface area contributed by atoms with Crippen LogP contribution >= 0.6 is 0 Å². The first-order valence-corrected chi connectivity index (χ1v) is 9.19. The molecule has 3 N–H and O–H groups in total. The quantitative estimate of drug-likeness (QED) is 0.348. The van der Waals surface area contributed by atoms with Gasteiger partial charge in [-0.15, -0.1) is 0 Å². The van der Waals surface area contributed by atoms with Gasteiger partial charge in [-0.05, 0) is 36.8 Å². The van der Waals surface area contributed by atoms with Gasteiger partial charge in [-0.3, -0.25) is 14.4 Å². The van der Waals surface area contributed by atoms with Crippen LogP contribution in [0.25, 0.3) is 0 Å². The molecule has 0 unspecified atom stereocenters. The van der Waals surface area contributed by atoms with Crippen LogP contribution in [0, 0.1) is 6.92 Å². The summed E-state index contributed by atoms with van der Waals surface area (Å²) in [6.45, 7) is 1.95. The molecule has 0 aliphatic carbocycles. The number of carbonyl (C=O) groups is 3. The first-order valence-electron chi connectivity index (χ1n) is 9.19. The smallest absolute Gasteiger partial charge is 0.322 e. The van der Waals surface area contributed by atoms with Crippen LogP contribution in [0.15, 0.2) is 84.0 Å². The van der Waals surface area contributed by atoms with Crippen molar-refractivity contribution in [2.75, 3.05) is 10.6 Å². The Hall–Kier alpha value is -4.26. The van der Waals surface area contributed by atoms with Crippen LogP contribution in [-0.2, 0) is 9.59 Å². The van der Waals surface area contributed by atoms with Gasteiger partial charge in [0.1, 0.15) is 0 Å². The number of hydrogen-bond acceptors (Lipinski definition) is 4. The minimum Gasteiger partial charge on any atom is -0.322 e. The van der Waals surface area contributed by atoms with E-state index >= 15 is 0 Å². The summed E-state index contributed by atoms with van der Waals surface area (Å²) in [6, 6.07) is 22.9. The summed E-state index contributed by atoms with van der Waals surface area (Å²) < 4.78 is 0. The first kappa shape index (κ1) is 20.5. The van der Waals surface area contributed by atoms with Crippen LogP contribution in [0.1, 0.15) is 21.5 Å². The predicted octanol–water partition coefficient (Wildman–Crippen LogP) is 3.34. The number of nitrogens with one attached hydrogen (secondary N) is 3. The Bertz CT molecular complexity index is 1080. The van der Waals surface area contributed by atoms with Gasteiger partial charge in [-0.2, -0.15) is 5.10 Å². The molecule has 0 fully saturated rings. The molecule has 0 radical (unpaired) electrons. The summed E-state index contributed by atoms with van der Waals surface area (Å²) >= 11 is 0. The van der Waals surface area contributed by atoms with Gasteiger partial charge in [0.25, 0.3) is 5.91 Å². The Labute approximate surface area is 173 Å². The average Bonchev–Trinajstić information content (AvgIpc) is 2.76. The second-order valence-corrected chi connectivity index (χ2v) is 6.43. The molecule has 0 saturated carbocycles. The zero-order chi connectivity index (χ0) is 21.3. The maximum absolute atomic E-state index is 12.6. The van der Waals surface area contributed by atoms with Gasteiger partial charge in [0.15, 0.2) is 0 Å². The third-order valence-electron chi connectivity index (χ3n) is 4.11. The molecule has 3 aromatic carbocycles. The van der Waals surface area contributed by atoms with Crippen LogP contribution in [0.5, 0.6) is 0 Å². The number of benzene rings is 3. The highest BCUT2D eigenvalue weighted by Gasteiger charge is 2.17. The zero-order valence-corrected chi connectivity index (χ0v) is 16.3. The molecule has 0 spiro atoms. The van der Waals surface area contributed by atoms with Gasteiger partial charge in [-0.1, -0.05) is 60.2 Å². The number of carbonyl (C=O) groups excluding carboxylic acids is 3. The van der Waals surface area contributed by atoms with Crippen LogP contribution in [0.3, 0.4) is 0 Å². The zero-order valence-electron chi connectivity index (χ0n) is 16.3. The first-order chi connectivity index (χ1) is 14.5. The molecule has 3 amide bonds. The van der Waals surface area contributed by atoms with Crippen LogP contribution in [0.4, 0.5) is 11.4 Å². The van der Waals surface area contributed by atoms with Gasteiger partial charge in [0.2, 0.25) is 0 Å². The molecule has 30 heavy (non-hydrogen) atoms. The topological polar surface area (TPSA) is 99.7 Å². The summed E-state index contributed by atoms with van der Waals surface area (Å²) in [7, 11) is 0.